The third-order valence-electron chi connectivity index (χ3n) is 4.57. The summed E-state index contributed by atoms with van der Waals surface area (Å²) in [5, 5.41) is 12.0. The van der Waals surface area contributed by atoms with Crippen molar-refractivity contribution < 1.29 is 5.21 Å². The second-order valence-electron chi connectivity index (χ2n) is 5.38. The largest absolute Gasteiger partial charge is 0.409 e. The van der Waals surface area contributed by atoms with Gasteiger partial charge in [0.2, 0.25) is 0 Å². The average molecular weight is 261 g/mol. The van der Waals surface area contributed by atoms with Gasteiger partial charge < -0.3 is 15.8 Å². The van der Waals surface area contributed by atoms with Crippen LogP contribution in [-0.4, -0.2) is 24.1 Å². The van der Waals surface area contributed by atoms with E-state index < -0.39 is 0 Å². The van der Waals surface area contributed by atoms with Gasteiger partial charge in [-0.05, 0) is 36.8 Å². The van der Waals surface area contributed by atoms with Crippen molar-refractivity contribution in [3.8, 4) is 0 Å². The fraction of sp³-hybridized carbons (Fsp3) is 0.533. The number of para-hydroxylation sites is 1. The zero-order valence-corrected chi connectivity index (χ0v) is 11.8. The molecule has 0 radical (unpaired) electrons. The topological polar surface area (TPSA) is 61.8 Å². The van der Waals surface area contributed by atoms with Crippen molar-refractivity contribution in [1.82, 2.24) is 0 Å². The Hall–Kier alpha value is -1.71. The number of rotatable bonds is 4. The van der Waals surface area contributed by atoms with Crippen molar-refractivity contribution in [1.29, 1.82) is 0 Å². The predicted octanol–water partition coefficient (Wildman–Crippen LogP) is 2.80. The van der Waals surface area contributed by atoms with Crippen LogP contribution in [0.3, 0.4) is 0 Å². The molecule has 1 aliphatic heterocycles. The summed E-state index contributed by atoms with van der Waals surface area (Å²) in [5.74, 6) is 0.182. The third-order valence-corrected chi connectivity index (χ3v) is 4.57. The summed E-state index contributed by atoms with van der Waals surface area (Å²) in [6, 6.07) is 7.87. The third kappa shape index (κ3) is 2.53. The molecule has 1 saturated heterocycles. The number of hydrogen-bond acceptors (Lipinski definition) is 3. The van der Waals surface area contributed by atoms with E-state index in [1.54, 1.807) is 0 Å². The number of anilines is 1. The molecular weight excluding hydrogens is 238 g/mol. The molecule has 0 unspecified atom stereocenters. The normalized spacial score (nSPS) is 18.8. The highest BCUT2D eigenvalue weighted by Crippen LogP contribution is 2.39. The summed E-state index contributed by atoms with van der Waals surface area (Å²) in [4.78, 5) is 2.36. The number of benzene rings is 1. The summed E-state index contributed by atoms with van der Waals surface area (Å²) >= 11 is 0. The Kier molecular flexibility index (Phi) is 3.98. The molecule has 1 aromatic carbocycles. The van der Waals surface area contributed by atoms with E-state index in [1.807, 2.05) is 18.2 Å². The lowest BCUT2D eigenvalue weighted by atomic mass is 9.82. The first kappa shape index (κ1) is 13.7. The molecule has 1 aromatic rings. The van der Waals surface area contributed by atoms with Gasteiger partial charge in [0.1, 0.15) is 0 Å². The second kappa shape index (κ2) is 5.51. The van der Waals surface area contributed by atoms with Crippen LogP contribution in [-0.2, 0) is 0 Å². The molecule has 0 bridgehead atoms. The number of amidine groups is 1. The molecule has 1 fully saturated rings. The van der Waals surface area contributed by atoms with E-state index in [1.165, 1.54) is 19.3 Å². The van der Waals surface area contributed by atoms with Crippen LogP contribution >= 0.6 is 0 Å². The molecule has 0 aliphatic carbocycles. The monoisotopic (exact) mass is 261 g/mol. The van der Waals surface area contributed by atoms with E-state index in [4.69, 9.17) is 10.9 Å². The van der Waals surface area contributed by atoms with Gasteiger partial charge in [0, 0.05) is 24.3 Å². The lowest BCUT2D eigenvalue weighted by Gasteiger charge is -2.28. The summed E-state index contributed by atoms with van der Waals surface area (Å²) in [6.45, 7) is 6.62. The first-order valence-corrected chi connectivity index (χ1v) is 6.97. The Labute approximate surface area is 114 Å². The molecule has 0 aromatic heterocycles. The molecule has 4 nitrogen and oxygen atoms in total. The Morgan fingerprint density at radius 2 is 2.05 bits per heavy atom. The fourth-order valence-electron chi connectivity index (χ4n) is 2.99. The maximum Gasteiger partial charge on any atom is 0.172 e. The minimum absolute atomic E-state index is 0.182. The summed E-state index contributed by atoms with van der Waals surface area (Å²) in [7, 11) is 0. The molecule has 104 valence electrons. The quantitative estimate of drug-likeness (QED) is 0.379. The lowest BCUT2D eigenvalue weighted by Crippen LogP contribution is -2.28. The zero-order valence-electron chi connectivity index (χ0n) is 11.8. The second-order valence-corrected chi connectivity index (χ2v) is 5.38. The highest BCUT2D eigenvalue weighted by atomic mass is 16.4. The van der Waals surface area contributed by atoms with E-state index in [-0.39, 0.29) is 5.84 Å². The van der Waals surface area contributed by atoms with E-state index in [0.29, 0.717) is 5.41 Å². The van der Waals surface area contributed by atoms with Crippen LogP contribution in [0.15, 0.2) is 29.4 Å². The van der Waals surface area contributed by atoms with Crippen LogP contribution in [0, 0.1) is 5.41 Å². The summed E-state index contributed by atoms with van der Waals surface area (Å²) < 4.78 is 0. The van der Waals surface area contributed by atoms with Crippen LogP contribution in [0.4, 0.5) is 5.69 Å². The van der Waals surface area contributed by atoms with Crippen LogP contribution in [0.5, 0.6) is 0 Å². The Morgan fingerprint density at radius 1 is 1.37 bits per heavy atom. The van der Waals surface area contributed by atoms with Gasteiger partial charge in [0.25, 0.3) is 0 Å². The number of oxime groups is 1. The Bertz CT molecular complexity index is 466. The van der Waals surface area contributed by atoms with Gasteiger partial charge in [0.05, 0.1) is 0 Å². The molecule has 19 heavy (non-hydrogen) atoms. The van der Waals surface area contributed by atoms with Crippen molar-refractivity contribution >= 4 is 11.5 Å². The molecule has 0 amide bonds. The van der Waals surface area contributed by atoms with Gasteiger partial charge in [-0.1, -0.05) is 31.1 Å². The van der Waals surface area contributed by atoms with E-state index in [9.17, 15) is 0 Å². The molecule has 1 aliphatic rings. The first-order chi connectivity index (χ1) is 9.15. The smallest absolute Gasteiger partial charge is 0.172 e. The van der Waals surface area contributed by atoms with Gasteiger partial charge >= 0.3 is 0 Å². The van der Waals surface area contributed by atoms with Crippen molar-refractivity contribution in [2.75, 3.05) is 18.0 Å². The predicted molar refractivity (Wildman–Crippen MR) is 78.8 cm³/mol. The van der Waals surface area contributed by atoms with Gasteiger partial charge in [-0.2, -0.15) is 0 Å². The molecule has 3 N–H and O–H groups in total. The molecule has 4 heteroatoms. The first-order valence-electron chi connectivity index (χ1n) is 6.97. The molecule has 0 saturated carbocycles. The standard InChI is InChI=1S/C15H23N3O/c1-3-15(4-2)9-10-18(11-15)13-8-6-5-7-12(13)14(16)17-19/h5-8,19H,3-4,9-11H2,1-2H3,(H2,16,17). The zero-order chi connectivity index (χ0) is 13.9. The SMILES string of the molecule is CCC1(CC)CCN(c2ccccc2C(N)=NO)C1. The maximum absolute atomic E-state index is 8.89. The van der Waals surface area contributed by atoms with Crippen molar-refractivity contribution in [2.24, 2.45) is 16.3 Å². The maximum atomic E-state index is 8.89. The van der Waals surface area contributed by atoms with E-state index in [2.05, 4.69) is 30.0 Å². The van der Waals surface area contributed by atoms with Crippen LogP contribution in [0.2, 0.25) is 0 Å². The van der Waals surface area contributed by atoms with Crippen molar-refractivity contribution in [3.05, 3.63) is 29.8 Å². The number of nitrogens with two attached hydrogens (primary N) is 1. The van der Waals surface area contributed by atoms with Crippen LogP contribution in [0.25, 0.3) is 0 Å². The van der Waals surface area contributed by atoms with Gasteiger partial charge in [-0.3, -0.25) is 0 Å². The van der Waals surface area contributed by atoms with Crippen LogP contribution < -0.4 is 10.6 Å². The molecule has 0 atom stereocenters. The highest BCUT2D eigenvalue weighted by molar-refractivity contribution is 6.02. The molecule has 0 spiro atoms. The van der Waals surface area contributed by atoms with Crippen LogP contribution in [0.1, 0.15) is 38.7 Å². The number of nitrogens with zero attached hydrogens (tertiary/aromatic N) is 2. The highest BCUT2D eigenvalue weighted by Gasteiger charge is 2.35. The molecule has 1 heterocycles. The average Bonchev–Trinajstić information content (AvgIpc) is 2.91. The van der Waals surface area contributed by atoms with E-state index >= 15 is 0 Å². The fourth-order valence-corrected chi connectivity index (χ4v) is 2.99. The van der Waals surface area contributed by atoms with Gasteiger partial charge in [0.15, 0.2) is 5.84 Å². The van der Waals surface area contributed by atoms with Gasteiger partial charge in [-0.15, -0.1) is 0 Å². The molecular formula is C15H23N3O. The summed E-state index contributed by atoms with van der Waals surface area (Å²) in [5.41, 5.74) is 8.07. The Balaban J connectivity index is 2.30. The van der Waals surface area contributed by atoms with Crippen molar-refractivity contribution in [2.45, 2.75) is 33.1 Å². The lowest BCUT2D eigenvalue weighted by molar-refractivity contribution is 0.301. The number of hydrogen-bond donors (Lipinski definition) is 2. The minimum atomic E-state index is 0.182. The summed E-state index contributed by atoms with van der Waals surface area (Å²) in [6.07, 6.45) is 3.61. The Morgan fingerprint density at radius 3 is 2.63 bits per heavy atom. The van der Waals surface area contributed by atoms with Crippen molar-refractivity contribution in [3.63, 3.8) is 0 Å². The molecule has 2 rings (SSSR count). The minimum Gasteiger partial charge on any atom is -0.409 e. The van der Waals surface area contributed by atoms with E-state index in [0.717, 1.165) is 24.3 Å². The van der Waals surface area contributed by atoms with Gasteiger partial charge in [-0.25, -0.2) is 0 Å².